The van der Waals surface area contributed by atoms with E-state index in [1.807, 2.05) is 0 Å². The Kier molecular flexibility index (Phi) is 3.40. The molecule has 2 aliphatic rings. The average Bonchev–Trinajstić information content (AvgIpc) is 2.76. The van der Waals surface area contributed by atoms with Crippen molar-refractivity contribution in [2.24, 2.45) is 5.92 Å². The Bertz CT molecular complexity index is 415. The summed E-state index contributed by atoms with van der Waals surface area (Å²) in [5.41, 5.74) is 2.86. The number of fused-ring (bicyclic) bond motifs is 2. The van der Waals surface area contributed by atoms with Gasteiger partial charge in [-0.25, -0.2) is 0 Å². The van der Waals surface area contributed by atoms with Crippen LogP contribution in [0.25, 0.3) is 0 Å². The molecule has 0 amide bonds. The van der Waals surface area contributed by atoms with E-state index < -0.39 is 0 Å². The van der Waals surface area contributed by atoms with Gasteiger partial charge in [0.1, 0.15) is 0 Å². The molecule has 0 radical (unpaired) electrons. The number of hydrogen-bond donors (Lipinski definition) is 1. The van der Waals surface area contributed by atoms with Crippen LogP contribution in [0.5, 0.6) is 0 Å². The highest BCUT2D eigenvalue weighted by molar-refractivity contribution is 5.28. The van der Waals surface area contributed by atoms with Crippen LogP contribution in [0.1, 0.15) is 36.9 Å². The van der Waals surface area contributed by atoms with Gasteiger partial charge in [-0.3, -0.25) is 0 Å². The predicted molar refractivity (Wildman–Crippen MR) is 75.7 cm³/mol. The summed E-state index contributed by atoms with van der Waals surface area (Å²) in [6, 6.07) is 9.95. The van der Waals surface area contributed by atoms with Crippen LogP contribution in [0.2, 0.25) is 0 Å². The second-order valence-electron chi connectivity index (χ2n) is 5.99. The van der Waals surface area contributed by atoms with E-state index in [1.165, 1.54) is 43.6 Å². The van der Waals surface area contributed by atoms with E-state index in [0.29, 0.717) is 6.04 Å². The second kappa shape index (κ2) is 5.02. The first-order valence-corrected chi connectivity index (χ1v) is 7.28. The highest BCUT2D eigenvalue weighted by atomic mass is 15.2. The maximum atomic E-state index is 3.88. The minimum Gasteiger partial charge on any atom is -0.307 e. The van der Waals surface area contributed by atoms with E-state index in [-0.39, 0.29) is 0 Å². The summed E-state index contributed by atoms with van der Waals surface area (Å²) in [4.78, 5) is 2.61. The molecule has 2 fully saturated rings. The maximum absolute atomic E-state index is 3.88. The van der Waals surface area contributed by atoms with Gasteiger partial charge in [0.15, 0.2) is 0 Å². The van der Waals surface area contributed by atoms with E-state index in [4.69, 9.17) is 0 Å². The van der Waals surface area contributed by atoms with Crippen LogP contribution in [-0.2, 0) is 0 Å². The molecular formula is C16H24N2. The molecular weight excluding hydrogens is 220 g/mol. The summed E-state index contributed by atoms with van der Waals surface area (Å²) >= 11 is 0. The Morgan fingerprint density at radius 2 is 2.00 bits per heavy atom. The zero-order valence-electron chi connectivity index (χ0n) is 11.5. The van der Waals surface area contributed by atoms with Crippen LogP contribution in [0.15, 0.2) is 24.3 Å². The lowest BCUT2D eigenvalue weighted by atomic mass is 9.92. The first-order chi connectivity index (χ1) is 8.74. The van der Waals surface area contributed by atoms with E-state index in [2.05, 4.69) is 48.3 Å². The van der Waals surface area contributed by atoms with Crippen LogP contribution in [0, 0.1) is 12.8 Å². The molecule has 1 N–H and O–H groups in total. The number of aryl methyl sites for hydroxylation is 1. The maximum Gasteiger partial charge on any atom is 0.0297 e. The SMILES string of the molecule is Cc1ccccc1[C@H](C)NC1CCN2CCC1C2. The molecule has 0 spiro atoms. The molecule has 0 aliphatic carbocycles. The molecule has 0 saturated carbocycles. The first kappa shape index (κ1) is 12.2. The molecule has 98 valence electrons. The Morgan fingerprint density at radius 3 is 2.83 bits per heavy atom. The molecule has 1 aromatic rings. The third kappa shape index (κ3) is 2.32. The van der Waals surface area contributed by atoms with Crippen LogP contribution in [-0.4, -0.2) is 30.6 Å². The van der Waals surface area contributed by atoms with Crippen molar-refractivity contribution in [1.29, 1.82) is 0 Å². The largest absolute Gasteiger partial charge is 0.307 e. The van der Waals surface area contributed by atoms with Gasteiger partial charge in [0.25, 0.3) is 0 Å². The smallest absolute Gasteiger partial charge is 0.0297 e. The lowest BCUT2D eigenvalue weighted by molar-refractivity contribution is 0.212. The fourth-order valence-corrected chi connectivity index (χ4v) is 3.65. The molecule has 3 rings (SSSR count). The number of benzene rings is 1. The van der Waals surface area contributed by atoms with Gasteiger partial charge in [-0.1, -0.05) is 24.3 Å². The monoisotopic (exact) mass is 244 g/mol. The normalized spacial score (nSPS) is 32.4. The van der Waals surface area contributed by atoms with Gasteiger partial charge in [-0.2, -0.15) is 0 Å². The number of rotatable bonds is 3. The summed E-state index contributed by atoms with van der Waals surface area (Å²) in [7, 11) is 0. The van der Waals surface area contributed by atoms with Gasteiger partial charge in [-0.05, 0) is 56.8 Å². The van der Waals surface area contributed by atoms with Crippen molar-refractivity contribution >= 4 is 0 Å². The molecule has 2 heterocycles. The Hall–Kier alpha value is -0.860. The zero-order chi connectivity index (χ0) is 12.5. The summed E-state index contributed by atoms with van der Waals surface area (Å²) < 4.78 is 0. The standard InChI is InChI=1S/C16H24N2/c1-12-5-3-4-6-15(12)13(2)17-16-8-10-18-9-7-14(16)11-18/h3-6,13-14,16-17H,7-11H2,1-2H3/t13-,14?,16?/m0/s1. The van der Waals surface area contributed by atoms with Crippen molar-refractivity contribution < 1.29 is 0 Å². The van der Waals surface area contributed by atoms with Crippen molar-refractivity contribution in [3.63, 3.8) is 0 Å². The van der Waals surface area contributed by atoms with E-state index in [9.17, 15) is 0 Å². The highest BCUT2D eigenvalue weighted by Gasteiger charge is 2.34. The van der Waals surface area contributed by atoms with Gasteiger partial charge < -0.3 is 10.2 Å². The van der Waals surface area contributed by atoms with Crippen LogP contribution < -0.4 is 5.32 Å². The fourth-order valence-electron chi connectivity index (χ4n) is 3.65. The minimum atomic E-state index is 0.475. The molecule has 2 saturated heterocycles. The molecule has 3 unspecified atom stereocenters. The number of nitrogens with one attached hydrogen (secondary N) is 1. The lowest BCUT2D eigenvalue weighted by Gasteiger charge is -2.33. The van der Waals surface area contributed by atoms with Crippen molar-refractivity contribution in [3.05, 3.63) is 35.4 Å². The van der Waals surface area contributed by atoms with Gasteiger partial charge in [0, 0.05) is 18.6 Å². The highest BCUT2D eigenvalue weighted by Crippen LogP contribution is 2.29. The van der Waals surface area contributed by atoms with E-state index in [0.717, 1.165) is 12.0 Å². The minimum absolute atomic E-state index is 0.475. The number of hydrogen-bond acceptors (Lipinski definition) is 2. The summed E-state index contributed by atoms with van der Waals surface area (Å²) in [5, 5.41) is 3.88. The van der Waals surface area contributed by atoms with Crippen molar-refractivity contribution in [2.45, 2.75) is 38.8 Å². The van der Waals surface area contributed by atoms with Gasteiger partial charge >= 0.3 is 0 Å². The second-order valence-corrected chi connectivity index (χ2v) is 5.99. The molecule has 2 nitrogen and oxygen atoms in total. The van der Waals surface area contributed by atoms with E-state index >= 15 is 0 Å². The van der Waals surface area contributed by atoms with Crippen molar-refractivity contribution in [2.75, 3.05) is 19.6 Å². The van der Waals surface area contributed by atoms with Crippen LogP contribution in [0.3, 0.4) is 0 Å². The third-order valence-corrected chi connectivity index (χ3v) is 4.75. The molecule has 18 heavy (non-hydrogen) atoms. The average molecular weight is 244 g/mol. The van der Waals surface area contributed by atoms with Crippen LogP contribution in [0.4, 0.5) is 0 Å². The van der Waals surface area contributed by atoms with Gasteiger partial charge in [0.05, 0.1) is 0 Å². The quantitative estimate of drug-likeness (QED) is 0.879. The molecule has 2 heteroatoms. The Labute approximate surface area is 110 Å². The molecule has 2 aliphatic heterocycles. The molecule has 2 bridgehead atoms. The van der Waals surface area contributed by atoms with Gasteiger partial charge in [-0.15, -0.1) is 0 Å². The summed E-state index contributed by atoms with van der Waals surface area (Å²) in [6.45, 7) is 8.45. The zero-order valence-corrected chi connectivity index (χ0v) is 11.5. The van der Waals surface area contributed by atoms with Crippen molar-refractivity contribution in [3.8, 4) is 0 Å². The Morgan fingerprint density at radius 1 is 1.22 bits per heavy atom. The molecule has 4 atom stereocenters. The fraction of sp³-hybridized carbons (Fsp3) is 0.625. The van der Waals surface area contributed by atoms with Gasteiger partial charge in [0.2, 0.25) is 0 Å². The Balaban J connectivity index is 1.67. The van der Waals surface area contributed by atoms with Crippen LogP contribution >= 0.6 is 0 Å². The lowest BCUT2D eigenvalue weighted by Crippen LogP contribution is -2.44. The predicted octanol–water partition coefficient (Wildman–Crippen LogP) is 2.74. The summed E-state index contributed by atoms with van der Waals surface area (Å²) in [6.07, 6.45) is 2.71. The summed E-state index contributed by atoms with van der Waals surface area (Å²) in [5.74, 6) is 0.880. The molecule has 0 aromatic heterocycles. The number of nitrogens with zero attached hydrogens (tertiary/aromatic N) is 1. The number of piperidine rings is 1. The third-order valence-electron chi connectivity index (χ3n) is 4.75. The topological polar surface area (TPSA) is 15.3 Å². The van der Waals surface area contributed by atoms with E-state index in [1.54, 1.807) is 0 Å². The first-order valence-electron chi connectivity index (χ1n) is 7.28. The molecule has 1 aromatic carbocycles. The van der Waals surface area contributed by atoms with Crippen molar-refractivity contribution in [1.82, 2.24) is 10.2 Å².